The van der Waals surface area contributed by atoms with E-state index in [1.54, 1.807) is 0 Å². The van der Waals surface area contributed by atoms with Crippen molar-refractivity contribution >= 4 is 23.5 Å². The lowest BCUT2D eigenvalue weighted by molar-refractivity contribution is -0.134. The minimum atomic E-state index is -1.04. The third-order valence-corrected chi connectivity index (χ3v) is 6.10. The van der Waals surface area contributed by atoms with Crippen LogP contribution in [0.1, 0.15) is 49.3 Å². The van der Waals surface area contributed by atoms with E-state index >= 15 is 0 Å². The van der Waals surface area contributed by atoms with Crippen molar-refractivity contribution in [3.63, 3.8) is 0 Å². The van der Waals surface area contributed by atoms with Gasteiger partial charge in [-0.1, -0.05) is 50.2 Å². The zero-order valence-electron chi connectivity index (χ0n) is 16.7. The molecule has 2 aromatic carbocycles. The Hall–Kier alpha value is -3.15. The van der Waals surface area contributed by atoms with E-state index in [9.17, 15) is 14.4 Å². The van der Waals surface area contributed by atoms with Crippen LogP contribution < -0.4 is 10.6 Å². The van der Waals surface area contributed by atoms with Gasteiger partial charge in [0.15, 0.2) is 0 Å². The molecule has 150 valence electrons. The molecule has 0 bridgehead atoms. The molecule has 6 nitrogen and oxygen atoms in total. The van der Waals surface area contributed by atoms with E-state index < -0.39 is 17.5 Å². The number of carbonyl (C=O) groups is 3. The predicted octanol–water partition coefficient (Wildman–Crippen LogP) is 3.53. The van der Waals surface area contributed by atoms with E-state index in [-0.39, 0.29) is 12.5 Å². The number of fused-ring (bicyclic) bond motifs is 2. The first-order valence-corrected chi connectivity index (χ1v) is 10.1. The van der Waals surface area contributed by atoms with Gasteiger partial charge in [0.25, 0.3) is 5.91 Å². The van der Waals surface area contributed by atoms with E-state index in [0.29, 0.717) is 18.0 Å². The summed E-state index contributed by atoms with van der Waals surface area (Å²) in [7, 11) is 0. The fourth-order valence-electron chi connectivity index (χ4n) is 4.21. The molecule has 2 aliphatic rings. The van der Waals surface area contributed by atoms with Crippen LogP contribution in [0.15, 0.2) is 48.5 Å². The molecule has 1 aliphatic carbocycles. The number of carbonyl (C=O) groups excluding carboxylic acids is 3. The molecule has 4 amide bonds. The third kappa shape index (κ3) is 3.28. The van der Waals surface area contributed by atoms with Gasteiger partial charge in [-0.25, -0.2) is 4.79 Å². The van der Waals surface area contributed by atoms with Crippen molar-refractivity contribution in [1.82, 2.24) is 10.2 Å². The number of nitrogens with zero attached hydrogens (tertiary/aromatic N) is 1. The highest BCUT2D eigenvalue weighted by Crippen LogP contribution is 2.41. The smallest absolute Gasteiger partial charge is 0.325 e. The van der Waals surface area contributed by atoms with Crippen LogP contribution in [0.3, 0.4) is 0 Å². The molecule has 0 radical (unpaired) electrons. The minimum Gasteiger partial charge on any atom is -0.325 e. The second-order valence-corrected chi connectivity index (χ2v) is 7.86. The maximum Gasteiger partial charge on any atom is 0.325 e. The van der Waals surface area contributed by atoms with E-state index in [0.717, 1.165) is 28.9 Å². The van der Waals surface area contributed by atoms with Gasteiger partial charge < -0.3 is 10.6 Å². The molecule has 6 heteroatoms. The SMILES string of the molecule is CC[C@@H](C)c1ccc(NC(=O)CN2C(=O)N[C@@]3(CCc4ccccc43)C2=O)cc1. The monoisotopic (exact) mass is 391 g/mol. The molecule has 1 saturated heterocycles. The van der Waals surface area contributed by atoms with Crippen LogP contribution in [0.5, 0.6) is 0 Å². The van der Waals surface area contributed by atoms with Crippen molar-refractivity contribution in [3.8, 4) is 0 Å². The largest absolute Gasteiger partial charge is 0.325 e. The Morgan fingerprint density at radius 2 is 1.90 bits per heavy atom. The molecule has 0 aromatic heterocycles. The highest BCUT2D eigenvalue weighted by molar-refractivity contribution is 6.10. The van der Waals surface area contributed by atoms with Crippen molar-refractivity contribution in [2.24, 2.45) is 0 Å². The van der Waals surface area contributed by atoms with E-state index in [2.05, 4.69) is 24.5 Å². The molecule has 2 atom stereocenters. The van der Waals surface area contributed by atoms with E-state index in [1.165, 1.54) is 5.56 Å². The standard InChI is InChI=1S/C23H25N3O3/c1-3-15(2)16-8-10-18(11-9-16)24-20(27)14-26-21(28)23(25-22(26)29)13-12-17-6-4-5-7-19(17)23/h4-11,15H,3,12-14H2,1-2H3,(H,24,27)(H,25,29)/t15-,23-/m1/s1. The molecular weight excluding hydrogens is 366 g/mol. The minimum absolute atomic E-state index is 0.304. The average molecular weight is 391 g/mol. The van der Waals surface area contributed by atoms with Gasteiger partial charge in [0.05, 0.1) is 0 Å². The molecule has 1 heterocycles. The Labute approximate surface area is 170 Å². The lowest BCUT2D eigenvalue weighted by Gasteiger charge is -2.22. The summed E-state index contributed by atoms with van der Waals surface area (Å²) in [6, 6.07) is 14.8. The molecule has 2 N–H and O–H groups in total. The Morgan fingerprint density at radius 1 is 1.17 bits per heavy atom. The van der Waals surface area contributed by atoms with Crippen LogP contribution in [0.2, 0.25) is 0 Å². The van der Waals surface area contributed by atoms with Gasteiger partial charge in [0.1, 0.15) is 12.1 Å². The van der Waals surface area contributed by atoms with E-state index in [1.807, 2.05) is 48.5 Å². The second-order valence-electron chi connectivity index (χ2n) is 7.86. The number of imide groups is 1. The van der Waals surface area contributed by atoms with Crippen LogP contribution in [0.4, 0.5) is 10.5 Å². The summed E-state index contributed by atoms with van der Waals surface area (Å²) in [5, 5.41) is 5.62. The van der Waals surface area contributed by atoms with Gasteiger partial charge in [-0.3, -0.25) is 14.5 Å². The number of aryl methyl sites for hydroxylation is 1. The number of nitrogens with one attached hydrogen (secondary N) is 2. The molecule has 29 heavy (non-hydrogen) atoms. The summed E-state index contributed by atoms with van der Waals surface area (Å²) in [5.41, 5.74) is 2.72. The van der Waals surface area contributed by atoms with Crippen LogP contribution in [-0.2, 0) is 21.5 Å². The molecule has 1 spiro atoms. The summed E-state index contributed by atoms with van der Waals surface area (Å²) in [6.07, 6.45) is 2.29. The fraction of sp³-hybridized carbons (Fsp3) is 0.348. The van der Waals surface area contributed by atoms with Gasteiger partial charge in [-0.05, 0) is 54.0 Å². The number of hydrogen-bond acceptors (Lipinski definition) is 3. The van der Waals surface area contributed by atoms with Crippen molar-refractivity contribution < 1.29 is 14.4 Å². The summed E-state index contributed by atoms with van der Waals surface area (Å²) in [6.45, 7) is 3.98. The Kier molecular flexibility index (Phi) is 4.86. The van der Waals surface area contributed by atoms with Crippen LogP contribution in [-0.4, -0.2) is 29.3 Å². The van der Waals surface area contributed by atoms with Crippen LogP contribution in [0, 0.1) is 0 Å². The zero-order valence-corrected chi connectivity index (χ0v) is 16.7. The topological polar surface area (TPSA) is 78.5 Å². The number of benzene rings is 2. The predicted molar refractivity (Wildman–Crippen MR) is 110 cm³/mol. The molecular formula is C23H25N3O3. The lowest BCUT2D eigenvalue weighted by Crippen LogP contribution is -2.42. The molecule has 1 fully saturated rings. The highest BCUT2D eigenvalue weighted by atomic mass is 16.2. The van der Waals surface area contributed by atoms with Crippen molar-refractivity contribution in [2.75, 3.05) is 11.9 Å². The first kappa shape index (κ1) is 19.2. The van der Waals surface area contributed by atoms with Gasteiger partial charge in [-0.2, -0.15) is 0 Å². The van der Waals surface area contributed by atoms with Gasteiger partial charge in [0, 0.05) is 5.69 Å². The van der Waals surface area contributed by atoms with Crippen LogP contribution in [0.25, 0.3) is 0 Å². The number of amides is 4. The first-order valence-electron chi connectivity index (χ1n) is 10.1. The summed E-state index contributed by atoms with van der Waals surface area (Å²) in [5.74, 6) is -0.293. The summed E-state index contributed by atoms with van der Waals surface area (Å²) >= 11 is 0. The number of anilines is 1. The Bertz CT molecular complexity index is 970. The molecule has 1 aliphatic heterocycles. The van der Waals surface area contributed by atoms with Crippen LogP contribution >= 0.6 is 0 Å². The number of urea groups is 1. The second kappa shape index (κ2) is 7.35. The quantitative estimate of drug-likeness (QED) is 0.766. The third-order valence-electron chi connectivity index (χ3n) is 6.10. The Morgan fingerprint density at radius 3 is 2.62 bits per heavy atom. The first-order chi connectivity index (χ1) is 13.9. The summed E-state index contributed by atoms with van der Waals surface area (Å²) in [4.78, 5) is 39.1. The molecule has 0 unspecified atom stereocenters. The molecule has 0 saturated carbocycles. The normalized spacial score (nSPS) is 21.2. The zero-order chi connectivity index (χ0) is 20.6. The van der Waals surface area contributed by atoms with Gasteiger partial charge >= 0.3 is 6.03 Å². The maximum absolute atomic E-state index is 13.1. The average Bonchev–Trinajstić information content (AvgIpc) is 3.21. The molecule has 2 aromatic rings. The fourth-order valence-corrected chi connectivity index (χ4v) is 4.21. The number of hydrogen-bond donors (Lipinski definition) is 2. The maximum atomic E-state index is 13.1. The van der Waals surface area contributed by atoms with Crippen molar-refractivity contribution in [3.05, 3.63) is 65.2 Å². The van der Waals surface area contributed by atoms with Gasteiger partial charge in [-0.15, -0.1) is 0 Å². The van der Waals surface area contributed by atoms with Crippen molar-refractivity contribution in [2.45, 2.75) is 44.6 Å². The molecule has 4 rings (SSSR count). The Balaban J connectivity index is 1.45. The van der Waals surface area contributed by atoms with Crippen molar-refractivity contribution in [1.29, 1.82) is 0 Å². The number of rotatable bonds is 5. The highest BCUT2D eigenvalue weighted by Gasteiger charge is 2.55. The van der Waals surface area contributed by atoms with Gasteiger partial charge in [0.2, 0.25) is 5.91 Å². The summed E-state index contributed by atoms with van der Waals surface area (Å²) < 4.78 is 0. The lowest BCUT2D eigenvalue weighted by atomic mass is 9.92. The van der Waals surface area contributed by atoms with E-state index in [4.69, 9.17) is 0 Å².